The first-order valence-electron chi connectivity index (χ1n) is 5.94. The molecule has 18 heavy (non-hydrogen) atoms. The molecule has 1 saturated heterocycles. The zero-order valence-electron chi connectivity index (χ0n) is 10.3. The summed E-state index contributed by atoms with van der Waals surface area (Å²) in [7, 11) is 0. The monoisotopic (exact) mass is 272 g/mol. The maximum Gasteiger partial charge on any atom is 0.251 e. The van der Waals surface area contributed by atoms with Gasteiger partial charge in [-0.3, -0.25) is 4.79 Å². The molecule has 0 radical (unpaired) electrons. The fourth-order valence-corrected chi connectivity index (χ4v) is 2.04. The molecule has 1 aliphatic rings. The smallest absolute Gasteiger partial charge is 0.251 e. The molecule has 3 nitrogen and oxygen atoms in total. The van der Waals surface area contributed by atoms with Gasteiger partial charge in [0.05, 0.1) is 0 Å². The summed E-state index contributed by atoms with van der Waals surface area (Å²) in [5, 5.41) is 6.24. The van der Waals surface area contributed by atoms with Gasteiger partial charge in [-0.1, -0.05) is 6.92 Å². The van der Waals surface area contributed by atoms with E-state index in [9.17, 15) is 9.18 Å². The summed E-state index contributed by atoms with van der Waals surface area (Å²) in [5.41, 5.74) is 0.504. The Labute approximate surface area is 113 Å². The minimum atomic E-state index is -0.325. The molecule has 0 aliphatic carbocycles. The van der Waals surface area contributed by atoms with E-state index in [1.807, 2.05) is 0 Å². The summed E-state index contributed by atoms with van der Waals surface area (Å²) in [6, 6.07) is 5.77. The van der Waals surface area contributed by atoms with Crippen LogP contribution in [-0.4, -0.2) is 25.0 Å². The average molecular weight is 273 g/mol. The highest BCUT2D eigenvalue weighted by Gasteiger charge is 2.22. The van der Waals surface area contributed by atoms with Crippen LogP contribution in [0.1, 0.15) is 23.7 Å². The standard InChI is InChI=1S/C13H17FN2O.ClH/c1-9-6-7-15-8-12(9)16-13(17)10-2-4-11(14)5-3-10;/h2-5,9,12,15H,6-8H2,1H3,(H,16,17);1H. The number of hydrogen-bond donors (Lipinski definition) is 2. The van der Waals surface area contributed by atoms with Crippen LogP contribution < -0.4 is 10.6 Å². The summed E-state index contributed by atoms with van der Waals surface area (Å²) in [6.45, 7) is 3.94. The van der Waals surface area contributed by atoms with Crippen molar-refractivity contribution < 1.29 is 9.18 Å². The van der Waals surface area contributed by atoms with Gasteiger partial charge >= 0.3 is 0 Å². The van der Waals surface area contributed by atoms with E-state index in [0.29, 0.717) is 11.5 Å². The second-order valence-electron chi connectivity index (χ2n) is 4.56. The predicted molar refractivity (Wildman–Crippen MR) is 71.6 cm³/mol. The largest absolute Gasteiger partial charge is 0.348 e. The number of halogens is 2. The molecule has 0 spiro atoms. The number of hydrogen-bond acceptors (Lipinski definition) is 2. The van der Waals surface area contributed by atoms with Crippen LogP contribution in [0.5, 0.6) is 0 Å². The molecule has 2 atom stereocenters. The summed E-state index contributed by atoms with van der Waals surface area (Å²) in [4.78, 5) is 11.9. The number of piperidine rings is 1. The van der Waals surface area contributed by atoms with Crippen molar-refractivity contribution >= 4 is 18.3 Å². The van der Waals surface area contributed by atoms with E-state index >= 15 is 0 Å². The first kappa shape index (κ1) is 14.9. The van der Waals surface area contributed by atoms with Gasteiger partial charge in [-0.2, -0.15) is 0 Å². The summed E-state index contributed by atoms with van der Waals surface area (Å²) in [6.07, 6.45) is 1.06. The van der Waals surface area contributed by atoms with Gasteiger partial charge in [-0.15, -0.1) is 12.4 Å². The third-order valence-corrected chi connectivity index (χ3v) is 3.25. The molecular formula is C13H18ClFN2O. The van der Waals surface area contributed by atoms with Crippen LogP contribution in [0.2, 0.25) is 0 Å². The molecule has 1 aromatic carbocycles. The second-order valence-corrected chi connectivity index (χ2v) is 4.56. The van der Waals surface area contributed by atoms with Gasteiger partial charge in [0, 0.05) is 18.2 Å². The van der Waals surface area contributed by atoms with Crippen molar-refractivity contribution in [1.82, 2.24) is 10.6 Å². The van der Waals surface area contributed by atoms with E-state index in [2.05, 4.69) is 17.6 Å². The molecule has 100 valence electrons. The summed E-state index contributed by atoms with van der Waals surface area (Å²) >= 11 is 0. The molecule has 1 amide bonds. The molecular weight excluding hydrogens is 255 g/mol. The molecule has 1 aliphatic heterocycles. The zero-order chi connectivity index (χ0) is 12.3. The van der Waals surface area contributed by atoms with Gasteiger partial charge in [0.2, 0.25) is 0 Å². The zero-order valence-corrected chi connectivity index (χ0v) is 11.1. The number of rotatable bonds is 2. The van der Waals surface area contributed by atoms with Crippen molar-refractivity contribution in [3.05, 3.63) is 35.6 Å². The lowest BCUT2D eigenvalue weighted by Crippen LogP contribution is -2.50. The van der Waals surface area contributed by atoms with Crippen LogP contribution in [-0.2, 0) is 0 Å². The molecule has 5 heteroatoms. The van der Waals surface area contributed by atoms with Crippen molar-refractivity contribution in [2.45, 2.75) is 19.4 Å². The molecule has 1 aromatic rings. The predicted octanol–water partition coefficient (Wildman–Crippen LogP) is 1.98. The number of carbonyl (C=O) groups excluding carboxylic acids is 1. The number of carbonyl (C=O) groups is 1. The van der Waals surface area contributed by atoms with Gasteiger partial charge < -0.3 is 10.6 Å². The highest BCUT2D eigenvalue weighted by atomic mass is 35.5. The molecule has 0 aromatic heterocycles. The Kier molecular flexibility index (Phi) is 5.56. The van der Waals surface area contributed by atoms with E-state index in [-0.39, 0.29) is 30.2 Å². The van der Waals surface area contributed by atoms with Gasteiger partial charge in [-0.25, -0.2) is 4.39 Å². The van der Waals surface area contributed by atoms with Crippen LogP contribution >= 0.6 is 12.4 Å². The minimum absolute atomic E-state index is 0. The van der Waals surface area contributed by atoms with Gasteiger partial charge in [0.25, 0.3) is 5.91 Å². The first-order valence-corrected chi connectivity index (χ1v) is 5.94. The Morgan fingerprint density at radius 3 is 2.67 bits per heavy atom. The quantitative estimate of drug-likeness (QED) is 0.864. The van der Waals surface area contributed by atoms with E-state index in [0.717, 1.165) is 19.5 Å². The third kappa shape index (κ3) is 3.68. The van der Waals surface area contributed by atoms with Gasteiger partial charge in [0.15, 0.2) is 0 Å². The maximum atomic E-state index is 12.7. The number of benzene rings is 1. The van der Waals surface area contributed by atoms with Crippen LogP contribution in [0.3, 0.4) is 0 Å². The third-order valence-electron chi connectivity index (χ3n) is 3.25. The second kappa shape index (κ2) is 6.71. The van der Waals surface area contributed by atoms with Crippen LogP contribution in [0.15, 0.2) is 24.3 Å². The molecule has 1 fully saturated rings. The van der Waals surface area contributed by atoms with Crippen molar-refractivity contribution in [2.75, 3.05) is 13.1 Å². The summed E-state index contributed by atoms with van der Waals surface area (Å²) in [5.74, 6) is 0.0143. The first-order chi connectivity index (χ1) is 8.16. The van der Waals surface area contributed by atoms with E-state index < -0.39 is 0 Å². The molecule has 2 N–H and O–H groups in total. The molecule has 0 saturated carbocycles. The normalized spacial score (nSPS) is 23.0. The summed E-state index contributed by atoms with van der Waals surface area (Å²) < 4.78 is 12.7. The fourth-order valence-electron chi connectivity index (χ4n) is 2.04. The lowest BCUT2D eigenvalue weighted by atomic mass is 9.94. The maximum absolute atomic E-state index is 12.7. The van der Waals surface area contributed by atoms with E-state index in [1.54, 1.807) is 0 Å². The van der Waals surface area contributed by atoms with Crippen molar-refractivity contribution in [2.24, 2.45) is 5.92 Å². The Hall–Kier alpha value is -1.13. The molecule has 2 rings (SSSR count). The van der Waals surface area contributed by atoms with Crippen molar-refractivity contribution in [3.8, 4) is 0 Å². The minimum Gasteiger partial charge on any atom is -0.348 e. The van der Waals surface area contributed by atoms with Crippen LogP contribution in [0.4, 0.5) is 4.39 Å². The Bertz CT molecular complexity index is 396. The fraction of sp³-hybridized carbons (Fsp3) is 0.462. The SMILES string of the molecule is CC1CCNCC1NC(=O)c1ccc(F)cc1.Cl. The molecule has 0 bridgehead atoms. The highest BCUT2D eigenvalue weighted by molar-refractivity contribution is 5.94. The molecule has 1 heterocycles. The number of nitrogens with one attached hydrogen (secondary N) is 2. The van der Waals surface area contributed by atoms with E-state index in [1.165, 1.54) is 24.3 Å². The lowest BCUT2D eigenvalue weighted by Gasteiger charge is -2.30. The van der Waals surface area contributed by atoms with Crippen molar-refractivity contribution in [3.63, 3.8) is 0 Å². The van der Waals surface area contributed by atoms with Gasteiger partial charge in [-0.05, 0) is 43.1 Å². The Balaban J connectivity index is 0.00000162. The molecule has 2 unspecified atom stereocenters. The number of amides is 1. The Morgan fingerprint density at radius 1 is 1.39 bits per heavy atom. The topological polar surface area (TPSA) is 41.1 Å². The van der Waals surface area contributed by atoms with Crippen molar-refractivity contribution in [1.29, 1.82) is 0 Å². The average Bonchev–Trinajstić information content (AvgIpc) is 2.33. The van der Waals surface area contributed by atoms with Gasteiger partial charge in [0.1, 0.15) is 5.82 Å². The Morgan fingerprint density at radius 2 is 2.06 bits per heavy atom. The van der Waals surface area contributed by atoms with Crippen LogP contribution in [0, 0.1) is 11.7 Å². The van der Waals surface area contributed by atoms with E-state index in [4.69, 9.17) is 0 Å². The lowest BCUT2D eigenvalue weighted by molar-refractivity contribution is 0.0915. The highest BCUT2D eigenvalue weighted by Crippen LogP contribution is 2.12. The van der Waals surface area contributed by atoms with Crippen LogP contribution in [0.25, 0.3) is 0 Å².